The molecule has 1 fully saturated rings. The first-order valence-corrected chi connectivity index (χ1v) is 9.68. The highest BCUT2D eigenvalue weighted by molar-refractivity contribution is 6.04. The number of nitrogens with zero attached hydrogens (tertiary/aromatic N) is 4. The van der Waals surface area contributed by atoms with E-state index in [4.69, 9.17) is 4.42 Å². The number of imidazole rings is 1. The van der Waals surface area contributed by atoms with Crippen LogP contribution in [-0.4, -0.2) is 45.3 Å². The normalized spacial score (nSPS) is 14.8. The van der Waals surface area contributed by atoms with Crippen LogP contribution in [0.5, 0.6) is 0 Å². The number of halogens is 1. The van der Waals surface area contributed by atoms with Gasteiger partial charge in [0.25, 0.3) is 5.91 Å². The van der Waals surface area contributed by atoms with E-state index in [-0.39, 0.29) is 5.91 Å². The second kappa shape index (κ2) is 7.07. The lowest BCUT2D eigenvalue weighted by molar-refractivity contribution is 0.102. The first kappa shape index (κ1) is 18.5. The van der Waals surface area contributed by atoms with E-state index in [2.05, 4.69) is 20.2 Å². The minimum Gasteiger partial charge on any atom is -0.441 e. The van der Waals surface area contributed by atoms with Gasteiger partial charge in [0.15, 0.2) is 0 Å². The lowest BCUT2D eigenvalue weighted by Crippen LogP contribution is -2.41. The number of hydrogen-bond donors (Lipinski definition) is 1. The molecule has 3 aromatic heterocycles. The number of anilines is 1. The average molecular weight is 405 g/mol. The van der Waals surface area contributed by atoms with Crippen molar-refractivity contribution in [1.82, 2.24) is 19.3 Å². The molecule has 5 rings (SSSR count). The van der Waals surface area contributed by atoms with Crippen LogP contribution >= 0.6 is 0 Å². The van der Waals surface area contributed by atoms with E-state index < -0.39 is 5.82 Å². The predicted molar refractivity (Wildman–Crippen MR) is 110 cm³/mol. The number of likely N-dealkylation sites (tertiary alicyclic amines) is 1. The number of aromatic nitrogens is 3. The molecule has 152 valence electrons. The molecule has 0 spiro atoms. The van der Waals surface area contributed by atoms with Gasteiger partial charge in [-0.15, -0.1) is 0 Å². The lowest BCUT2D eigenvalue weighted by Gasteiger charge is -2.34. The summed E-state index contributed by atoms with van der Waals surface area (Å²) in [5.74, 6) is 0.619. The molecule has 1 amide bonds. The fourth-order valence-electron chi connectivity index (χ4n) is 3.71. The van der Waals surface area contributed by atoms with Gasteiger partial charge in [0.1, 0.15) is 22.9 Å². The summed E-state index contributed by atoms with van der Waals surface area (Å²) in [4.78, 5) is 23.6. The van der Waals surface area contributed by atoms with Crippen LogP contribution in [0.3, 0.4) is 0 Å². The smallest absolute Gasteiger partial charge is 0.274 e. The molecular weight excluding hydrogens is 385 g/mol. The maximum atomic E-state index is 14.6. The highest BCUT2D eigenvalue weighted by Gasteiger charge is 2.28. The van der Waals surface area contributed by atoms with Gasteiger partial charge < -0.3 is 14.6 Å². The van der Waals surface area contributed by atoms with Gasteiger partial charge in [-0.05, 0) is 38.2 Å². The van der Waals surface area contributed by atoms with Gasteiger partial charge in [-0.3, -0.25) is 9.20 Å². The largest absolute Gasteiger partial charge is 0.441 e. The van der Waals surface area contributed by atoms with Crippen molar-refractivity contribution in [2.45, 2.75) is 12.8 Å². The predicted octanol–water partition coefficient (Wildman–Crippen LogP) is 3.72. The van der Waals surface area contributed by atoms with E-state index in [1.807, 2.05) is 25.2 Å². The van der Waals surface area contributed by atoms with Gasteiger partial charge >= 0.3 is 0 Å². The fraction of sp³-hybridized carbons (Fsp3) is 0.227. The molecule has 1 N–H and O–H groups in total. The summed E-state index contributed by atoms with van der Waals surface area (Å²) < 4.78 is 22.2. The van der Waals surface area contributed by atoms with Crippen LogP contribution in [0.15, 0.2) is 53.3 Å². The van der Waals surface area contributed by atoms with E-state index in [9.17, 15) is 9.18 Å². The Bertz CT molecular complexity index is 1260. The third kappa shape index (κ3) is 3.15. The maximum Gasteiger partial charge on any atom is 0.274 e. The summed E-state index contributed by atoms with van der Waals surface area (Å²) >= 11 is 0. The van der Waals surface area contributed by atoms with Crippen LogP contribution in [0, 0.1) is 12.7 Å². The van der Waals surface area contributed by atoms with E-state index in [1.54, 1.807) is 29.8 Å². The number of carbonyl (C=O) groups excluding carboxylic acids is 1. The molecule has 4 heterocycles. The molecule has 1 saturated heterocycles. The van der Waals surface area contributed by atoms with Crippen molar-refractivity contribution in [3.05, 3.63) is 71.8 Å². The molecule has 0 bridgehead atoms. The van der Waals surface area contributed by atoms with E-state index in [1.165, 1.54) is 12.3 Å². The zero-order valence-electron chi connectivity index (χ0n) is 16.6. The molecule has 1 aliphatic rings. The average Bonchev–Trinajstić information content (AvgIpc) is 3.36. The highest BCUT2D eigenvalue weighted by atomic mass is 19.1. The number of fused-ring (bicyclic) bond motifs is 1. The lowest BCUT2D eigenvalue weighted by atomic mass is 9.99. The first-order valence-electron chi connectivity index (χ1n) is 9.68. The van der Waals surface area contributed by atoms with Crippen LogP contribution in [0.1, 0.15) is 27.7 Å². The monoisotopic (exact) mass is 405 g/mol. The Balaban J connectivity index is 1.44. The molecule has 0 saturated carbocycles. The van der Waals surface area contributed by atoms with Crippen molar-refractivity contribution in [2.75, 3.05) is 25.5 Å². The molecule has 0 aliphatic carbocycles. The van der Waals surface area contributed by atoms with Crippen LogP contribution in [0.2, 0.25) is 0 Å². The zero-order chi connectivity index (χ0) is 20.8. The van der Waals surface area contributed by atoms with Crippen LogP contribution in [0.25, 0.3) is 17.1 Å². The van der Waals surface area contributed by atoms with Crippen molar-refractivity contribution in [2.24, 2.45) is 0 Å². The SMILES string of the molecule is Cc1c(F)cc(-c2ncc(C3CN(C)C3)o2)cc1NC(=O)c1cnc2ccccn12. The van der Waals surface area contributed by atoms with Gasteiger partial charge in [0.2, 0.25) is 5.89 Å². The number of rotatable bonds is 4. The van der Waals surface area contributed by atoms with Crippen LogP contribution < -0.4 is 5.32 Å². The van der Waals surface area contributed by atoms with Crippen LogP contribution in [0.4, 0.5) is 10.1 Å². The van der Waals surface area contributed by atoms with Crippen molar-refractivity contribution in [1.29, 1.82) is 0 Å². The summed E-state index contributed by atoms with van der Waals surface area (Å²) in [5.41, 5.74) is 2.21. The first-order chi connectivity index (χ1) is 14.5. The number of nitrogens with one attached hydrogen (secondary N) is 1. The molecule has 30 heavy (non-hydrogen) atoms. The zero-order valence-corrected chi connectivity index (χ0v) is 16.6. The topological polar surface area (TPSA) is 75.7 Å². The van der Waals surface area contributed by atoms with Gasteiger partial charge in [0.05, 0.1) is 12.4 Å². The number of likely N-dealkylation sites (N-methyl/N-ethyl adjacent to an activating group) is 1. The van der Waals surface area contributed by atoms with E-state index >= 15 is 0 Å². The number of carbonyl (C=O) groups is 1. The molecule has 0 unspecified atom stereocenters. The number of benzene rings is 1. The fourth-order valence-corrected chi connectivity index (χ4v) is 3.71. The van der Waals surface area contributed by atoms with Crippen molar-refractivity contribution in [3.63, 3.8) is 0 Å². The third-order valence-electron chi connectivity index (χ3n) is 5.48. The summed E-state index contributed by atoms with van der Waals surface area (Å²) in [6.45, 7) is 3.45. The van der Waals surface area contributed by atoms with Crippen LogP contribution in [-0.2, 0) is 0 Å². The van der Waals surface area contributed by atoms with Gasteiger partial charge in [-0.1, -0.05) is 6.07 Å². The number of oxazole rings is 1. The van der Waals surface area contributed by atoms with E-state index in [0.29, 0.717) is 40.0 Å². The summed E-state index contributed by atoms with van der Waals surface area (Å²) in [6.07, 6.45) is 4.95. The Labute approximate surface area is 172 Å². The highest BCUT2D eigenvalue weighted by Crippen LogP contribution is 2.32. The third-order valence-corrected chi connectivity index (χ3v) is 5.48. The molecule has 7 nitrogen and oxygen atoms in total. The quantitative estimate of drug-likeness (QED) is 0.560. The number of pyridine rings is 1. The Morgan fingerprint density at radius 3 is 2.87 bits per heavy atom. The standard InChI is InChI=1S/C22H20FN5O2/c1-13-16(23)7-14(22-25-10-19(30-22)15-11-27(2)12-15)8-17(13)26-21(29)18-9-24-20-5-3-4-6-28(18)20/h3-10,15H,11-12H2,1-2H3,(H,26,29). The minimum atomic E-state index is -0.441. The Morgan fingerprint density at radius 2 is 2.07 bits per heavy atom. The molecule has 4 aromatic rings. The van der Waals surface area contributed by atoms with E-state index in [0.717, 1.165) is 18.8 Å². The number of amides is 1. The molecule has 1 aromatic carbocycles. The second-order valence-corrected chi connectivity index (χ2v) is 7.64. The molecule has 8 heteroatoms. The van der Waals surface area contributed by atoms with Crippen molar-refractivity contribution >= 4 is 17.2 Å². The minimum absolute atomic E-state index is 0.306. The molecule has 0 atom stereocenters. The summed E-state index contributed by atoms with van der Waals surface area (Å²) in [5, 5.41) is 2.80. The Kier molecular flexibility index (Phi) is 4.36. The van der Waals surface area contributed by atoms with Crippen molar-refractivity contribution < 1.29 is 13.6 Å². The molecule has 1 aliphatic heterocycles. The van der Waals surface area contributed by atoms with Gasteiger partial charge in [-0.25, -0.2) is 14.4 Å². The summed E-state index contributed by atoms with van der Waals surface area (Å²) in [7, 11) is 2.04. The Morgan fingerprint density at radius 1 is 1.23 bits per heavy atom. The van der Waals surface area contributed by atoms with Crippen molar-refractivity contribution in [3.8, 4) is 11.5 Å². The van der Waals surface area contributed by atoms with Gasteiger partial charge in [-0.2, -0.15) is 0 Å². The summed E-state index contributed by atoms with van der Waals surface area (Å²) in [6, 6.07) is 8.53. The molecule has 0 radical (unpaired) electrons. The Hall–Kier alpha value is -3.52. The van der Waals surface area contributed by atoms with Gasteiger partial charge in [0, 0.05) is 42.0 Å². The molecular formula is C22H20FN5O2. The number of hydrogen-bond acceptors (Lipinski definition) is 5. The second-order valence-electron chi connectivity index (χ2n) is 7.64. The maximum absolute atomic E-state index is 14.6.